The van der Waals surface area contributed by atoms with Crippen LogP contribution in [0.5, 0.6) is 0 Å². The second kappa shape index (κ2) is 8.48. The van der Waals surface area contributed by atoms with Gasteiger partial charge in [0.2, 0.25) is 0 Å². The largest absolute Gasteiger partial charge is 0.434 e. The minimum atomic E-state index is -4.42. The van der Waals surface area contributed by atoms with Gasteiger partial charge in [-0.15, -0.1) is 11.3 Å². The summed E-state index contributed by atoms with van der Waals surface area (Å²) in [6.45, 7) is 0.804. The van der Waals surface area contributed by atoms with Crippen LogP contribution in [0.25, 0.3) is 0 Å². The molecule has 0 amide bonds. The molecule has 1 rings (SSSR count). The lowest BCUT2D eigenvalue weighted by Crippen LogP contribution is -2.39. The van der Waals surface area contributed by atoms with Gasteiger partial charge < -0.3 is 10.6 Å². The Hall–Kier alpha value is -1.36. The molecule has 0 saturated carbocycles. The van der Waals surface area contributed by atoms with E-state index in [9.17, 15) is 21.6 Å². The van der Waals surface area contributed by atoms with E-state index in [0.717, 1.165) is 16.7 Å². The van der Waals surface area contributed by atoms with Gasteiger partial charge in [-0.1, -0.05) is 0 Å². The van der Waals surface area contributed by atoms with Gasteiger partial charge in [-0.05, 0) is 6.42 Å². The van der Waals surface area contributed by atoms with Gasteiger partial charge >= 0.3 is 6.18 Å². The van der Waals surface area contributed by atoms with Crippen molar-refractivity contribution < 1.29 is 21.6 Å². The van der Waals surface area contributed by atoms with Crippen LogP contribution < -0.4 is 10.6 Å². The van der Waals surface area contributed by atoms with Crippen molar-refractivity contribution in [2.75, 3.05) is 32.1 Å². The molecule has 0 bridgehead atoms. The molecule has 11 heteroatoms. The van der Waals surface area contributed by atoms with E-state index in [1.807, 2.05) is 0 Å². The predicted molar refractivity (Wildman–Crippen MR) is 84.5 cm³/mol. The van der Waals surface area contributed by atoms with Gasteiger partial charge in [-0.2, -0.15) is 13.2 Å². The first-order chi connectivity index (χ1) is 10.6. The maximum atomic E-state index is 12.4. The number of rotatable bonds is 7. The number of guanidine groups is 1. The van der Waals surface area contributed by atoms with Gasteiger partial charge in [-0.25, -0.2) is 13.4 Å². The van der Waals surface area contributed by atoms with Gasteiger partial charge in [0.15, 0.2) is 11.7 Å². The highest BCUT2D eigenvalue weighted by molar-refractivity contribution is 7.90. The Kier molecular flexibility index (Phi) is 7.26. The molecule has 23 heavy (non-hydrogen) atoms. The van der Waals surface area contributed by atoms with Crippen LogP contribution in [-0.2, 0) is 22.4 Å². The Morgan fingerprint density at radius 2 is 2.00 bits per heavy atom. The number of nitrogens with zero attached hydrogens (tertiary/aromatic N) is 2. The third-order valence-corrected chi connectivity index (χ3v) is 4.62. The van der Waals surface area contributed by atoms with E-state index in [0.29, 0.717) is 36.9 Å². The second-order valence-electron chi connectivity index (χ2n) is 4.78. The summed E-state index contributed by atoms with van der Waals surface area (Å²) in [5.41, 5.74) is -0.874. The maximum Gasteiger partial charge on any atom is 0.434 e. The first-order valence-corrected chi connectivity index (χ1v) is 9.69. The number of sulfone groups is 1. The molecule has 0 saturated heterocycles. The predicted octanol–water partition coefficient (Wildman–Crippen LogP) is 1.30. The zero-order valence-electron chi connectivity index (χ0n) is 12.8. The van der Waals surface area contributed by atoms with Crippen LogP contribution in [0.4, 0.5) is 13.2 Å². The Morgan fingerprint density at radius 3 is 2.52 bits per heavy atom. The molecule has 0 aliphatic rings. The average molecular weight is 372 g/mol. The summed E-state index contributed by atoms with van der Waals surface area (Å²) in [6, 6.07) is 0. The summed E-state index contributed by atoms with van der Waals surface area (Å²) in [6.07, 6.45) is -2.46. The third kappa shape index (κ3) is 8.16. The van der Waals surface area contributed by atoms with Crippen LogP contribution in [0.15, 0.2) is 10.4 Å². The number of hydrogen-bond acceptors (Lipinski definition) is 5. The van der Waals surface area contributed by atoms with Crippen molar-refractivity contribution >= 4 is 27.1 Å². The standard InChI is InChI=1S/C12H19F3N4O2S2/c1-16-11(17-5-3-7-23(2,20)21)18-6-4-10-19-9(8-22-10)12(13,14)15/h8H,3-7H2,1-2H3,(H2,16,17,18). The fourth-order valence-electron chi connectivity index (χ4n) is 1.61. The Balaban J connectivity index is 2.31. The normalized spacial score (nSPS) is 13.2. The summed E-state index contributed by atoms with van der Waals surface area (Å²) in [5, 5.41) is 7.25. The summed E-state index contributed by atoms with van der Waals surface area (Å²) < 4.78 is 59.2. The molecule has 0 fully saturated rings. The highest BCUT2D eigenvalue weighted by Crippen LogP contribution is 2.29. The molecule has 0 aliphatic carbocycles. The third-order valence-electron chi connectivity index (χ3n) is 2.68. The average Bonchev–Trinajstić information content (AvgIpc) is 2.89. The van der Waals surface area contributed by atoms with E-state index in [1.54, 1.807) is 7.05 Å². The number of aliphatic imine (C=N–C) groups is 1. The summed E-state index contributed by atoms with van der Waals surface area (Å²) >= 11 is 0.962. The number of thiazole rings is 1. The molecule has 6 nitrogen and oxygen atoms in total. The van der Waals surface area contributed by atoms with Gasteiger partial charge in [0.25, 0.3) is 0 Å². The van der Waals surface area contributed by atoms with Crippen LogP contribution in [0, 0.1) is 0 Å². The van der Waals surface area contributed by atoms with Crippen LogP contribution in [-0.4, -0.2) is 51.5 Å². The van der Waals surface area contributed by atoms with Gasteiger partial charge in [0.1, 0.15) is 9.84 Å². The zero-order valence-corrected chi connectivity index (χ0v) is 14.4. The Labute approximate surface area is 137 Å². The van der Waals surface area contributed by atoms with E-state index >= 15 is 0 Å². The lowest BCUT2D eigenvalue weighted by Gasteiger charge is -2.10. The van der Waals surface area contributed by atoms with Crippen molar-refractivity contribution in [3.05, 3.63) is 16.1 Å². The van der Waals surface area contributed by atoms with Gasteiger partial charge in [0, 0.05) is 38.2 Å². The molecule has 0 atom stereocenters. The molecule has 0 spiro atoms. The summed E-state index contributed by atoms with van der Waals surface area (Å²) in [7, 11) is -1.44. The molecule has 0 radical (unpaired) electrons. The van der Waals surface area contributed by atoms with Crippen LogP contribution >= 0.6 is 11.3 Å². The number of aromatic nitrogens is 1. The van der Waals surface area contributed by atoms with Crippen molar-refractivity contribution in [2.45, 2.75) is 19.0 Å². The highest BCUT2D eigenvalue weighted by Gasteiger charge is 2.33. The minimum Gasteiger partial charge on any atom is -0.356 e. The van der Waals surface area contributed by atoms with Crippen LogP contribution in [0.1, 0.15) is 17.1 Å². The first kappa shape index (κ1) is 19.7. The quantitative estimate of drug-likeness (QED) is 0.428. The fraction of sp³-hybridized carbons (Fsp3) is 0.667. The van der Waals surface area contributed by atoms with Gasteiger partial charge in [0.05, 0.1) is 10.8 Å². The molecule has 1 heterocycles. The summed E-state index contributed by atoms with van der Waals surface area (Å²) in [5.74, 6) is 0.544. The van der Waals surface area contributed by atoms with E-state index < -0.39 is 21.7 Å². The topological polar surface area (TPSA) is 83.5 Å². The van der Waals surface area contributed by atoms with Crippen molar-refractivity contribution in [2.24, 2.45) is 4.99 Å². The van der Waals surface area contributed by atoms with Crippen LogP contribution in [0.2, 0.25) is 0 Å². The number of nitrogens with one attached hydrogen (secondary N) is 2. The lowest BCUT2D eigenvalue weighted by atomic mass is 10.4. The minimum absolute atomic E-state index is 0.0797. The molecule has 0 aliphatic heterocycles. The van der Waals surface area contributed by atoms with Crippen molar-refractivity contribution in [3.8, 4) is 0 Å². The Morgan fingerprint density at radius 1 is 1.35 bits per heavy atom. The molecule has 2 N–H and O–H groups in total. The van der Waals surface area contributed by atoms with Crippen LogP contribution in [0.3, 0.4) is 0 Å². The first-order valence-electron chi connectivity index (χ1n) is 6.75. The monoisotopic (exact) mass is 372 g/mol. The van der Waals surface area contributed by atoms with E-state index in [-0.39, 0.29) is 5.75 Å². The molecule has 0 aromatic carbocycles. The Bertz CT molecular complexity index is 626. The smallest absolute Gasteiger partial charge is 0.356 e. The maximum absolute atomic E-state index is 12.4. The molecular weight excluding hydrogens is 353 g/mol. The highest BCUT2D eigenvalue weighted by atomic mass is 32.2. The van der Waals surface area contributed by atoms with Crippen molar-refractivity contribution in [3.63, 3.8) is 0 Å². The van der Waals surface area contributed by atoms with Crippen molar-refractivity contribution in [1.29, 1.82) is 0 Å². The van der Waals surface area contributed by atoms with Crippen molar-refractivity contribution in [1.82, 2.24) is 15.6 Å². The number of alkyl halides is 3. The van der Waals surface area contributed by atoms with Gasteiger partial charge in [-0.3, -0.25) is 4.99 Å². The number of hydrogen-bond donors (Lipinski definition) is 2. The fourth-order valence-corrected chi connectivity index (χ4v) is 3.08. The summed E-state index contributed by atoms with van der Waals surface area (Å²) in [4.78, 5) is 7.48. The second-order valence-corrected chi connectivity index (χ2v) is 7.99. The van der Waals surface area contributed by atoms with E-state index in [4.69, 9.17) is 0 Å². The molecule has 132 valence electrons. The van der Waals surface area contributed by atoms with E-state index in [2.05, 4.69) is 20.6 Å². The lowest BCUT2D eigenvalue weighted by molar-refractivity contribution is -0.140. The SMILES string of the molecule is CN=C(NCCCS(C)(=O)=O)NCCc1nc(C(F)(F)F)cs1. The molecule has 1 aromatic rings. The molecule has 0 unspecified atom stereocenters. The van der Waals surface area contributed by atoms with E-state index in [1.165, 1.54) is 6.26 Å². The molecular formula is C12H19F3N4O2S2. The zero-order chi connectivity index (χ0) is 17.5. The molecule has 1 aromatic heterocycles. The number of halogens is 3.